The minimum absolute atomic E-state index is 0.288. The normalized spacial score (nSPS) is 10.7. The molecule has 0 radical (unpaired) electrons. The first kappa shape index (κ1) is 17.1. The van der Waals surface area contributed by atoms with E-state index in [1.54, 1.807) is 0 Å². The van der Waals surface area contributed by atoms with Crippen molar-refractivity contribution in [3.8, 4) is 0 Å². The van der Waals surface area contributed by atoms with Crippen LogP contribution in [0.2, 0.25) is 5.02 Å². The van der Waals surface area contributed by atoms with Gasteiger partial charge in [0.25, 0.3) is 12.1 Å². The molecule has 1 aromatic rings. The van der Waals surface area contributed by atoms with Crippen molar-refractivity contribution in [1.82, 2.24) is 0 Å². The molecule has 7 nitrogen and oxygen atoms in total. The fourth-order valence-corrected chi connectivity index (χ4v) is 2.09. The van der Waals surface area contributed by atoms with Crippen molar-refractivity contribution in [2.75, 3.05) is 24.6 Å². The second kappa shape index (κ2) is 7.14. The van der Waals surface area contributed by atoms with Crippen LogP contribution in [0.15, 0.2) is 12.1 Å². The first-order chi connectivity index (χ1) is 9.77. The van der Waals surface area contributed by atoms with Gasteiger partial charge in [-0.3, -0.25) is 10.1 Å². The second-order valence-electron chi connectivity index (χ2n) is 3.95. The fourth-order valence-electron chi connectivity index (χ4n) is 1.76. The van der Waals surface area contributed by atoms with Crippen LogP contribution in [0.5, 0.6) is 0 Å². The molecule has 10 heteroatoms. The lowest BCUT2D eigenvalue weighted by molar-refractivity contribution is -0.384. The smallest absolute Gasteiger partial charge is 0.338 e. The molecule has 21 heavy (non-hydrogen) atoms. The van der Waals surface area contributed by atoms with E-state index in [4.69, 9.17) is 21.8 Å². The van der Waals surface area contributed by atoms with E-state index in [9.17, 15) is 23.7 Å². The molecule has 0 unspecified atom stereocenters. The number of alkyl halides is 2. The van der Waals surface area contributed by atoms with Crippen LogP contribution in [0, 0.1) is 10.1 Å². The molecule has 0 heterocycles. The number of benzene rings is 1. The van der Waals surface area contributed by atoms with Gasteiger partial charge in [0, 0.05) is 18.7 Å². The molecule has 0 bridgehead atoms. The number of non-ortho nitro benzene ring substituents is 1. The summed E-state index contributed by atoms with van der Waals surface area (Å²) in [5.41, 5.74) is -1.44. The number of carboxylic acids is 1. The first-order valence-corrected chi connectivity index (χ1v) is 6.01. The van der Waals surface area contributed by atoms with Crippen LogP contribution in [0.4, 0.5) is 20.2 Å². The average molecular weight is 325 g/mol. The summed E-state index contributed by atoms with van der Waals surface area (Å²) in [7, 11) is 0. The molecule has 0 saturated heterocycles. The average Bonchev–Trinajstić information content (AvgIpc) is 2.36. The molecule has 2 N–H and O–H groups in total. The lowest BCUT2D eigenvalue weighted by Crippen LogP contribution is -2.33. The molecule has 0 aromatic heterocycles. The zero-order chi connectivity index (χ0) is 16.2. The highest BCUT2D eigenvalue weighted by Gasteiger charge is 2.25. The maximum atomic E-state index is 12.5. The molecular weight excluding hydrogens is 314 g/mol. The van der Waals surface area contributed by atoms with Crippen LogP contribution >= 0.6 is 11.6 Å². The standard InChI is InChI=1S/C11H11ClF2N2O5/c12-8-4-6(16(20)21)3-7(11(18)19)10(8)15(1-2-17)5-9(13)14/h3-4,9,17H,1-2,5H2,(H,18,19). The number of anilines is 1. The molecule has 0 amide bonds. The summed E-state index contributed by atoms with van der Waals surface area (Å²) in [6.45, 7) is -1.67. The van der Waals surface area contributed by atoms with Gasteiger partial charge in [0.2, 0.25) is 0 Å². The molecule has 0 aliphatic heterocycles. The van der Waals surface area contributed by atoms with Gasteiger partial charge in [-0.1, -0.05) is 11.6 Å². The molecule has 116 valence electrons. The SMILES string of the molecule is O=C(O)c1cc([N+](=O)[O-])cc(Cl)c1N(CCO)CC(F)F. The van der Waals surface area contributed by atoms with Crippen molar-refractivity contribution in [3.63, 3.8) is 0 Å². The molecule has 0 fully saturated rings. The van der Waals surface area contributed by atoms with Gasteiger partial charge >= 0.3 is 5.97 Å². The van der Waals surface area contributed by atoms with Crippen molar-refractivity contribution >= 4 is 28.9 Å². The van der Waals surface area contributed by atoms with Crippen LogP contribution in [0.25, 0.3) is 0 Å². The maximum absolute atomic E-state index is 12.5. The Bertz CT molecular complexity index is 556. The van der Waals surface area contributed by atoms with Crippen molar-refractivity contribution in [2.45, 2.75) is 6.43 Å². The summed E-state index contributed by atoms with van der Waals surface area (Å²) in [6, 6.07) is 1.61. The summed E-state index contributed by atoms with van der Waals surface area (Å²) < 4.78 is 25.1. The number of aliphatic hydroxyl groups is 1. The summed E-state index contributed by atoms with van der Waals surface area (Å²) >= 11 is 5.80. The number of hydrogen-bond donors (Lipinski definition) is 2. The topological polar surface area (TPSA) is 104 Å². The van der Waals surface area contributed by atoms with Gasteiger partial charge in [0.05, 0.1) is 34.3 Å². The zero-order valence-corrected chi connectivity index (χ0v) is 11.3. The predicted molar refractivity (Wildman–Crippen MR) is 70.4 cm³/mol. The molecule has 0 aliphatic rings. The molecule has 0 saturated carbocycles. The van der Waals surface area contributed by atoms with Crippen molar-refractivity contribution in [1.29, 1.82) is 0 Å². The maximum Gasteiger partial charge on any atom is 0.338 e. The van der Waals surface area contributed by atoms with Crippen molar-refractivity contribution in [3.05, 3.63) is 32.8 Å². The van der Waals surface area contributed by atoms with Gasteiger partial charge in [-0.2, -0.15) is 0 Å². The molecular formula is C11H11ClF2N2O5. The van der Waals surface area contributed by atoms with Crippen molar-refractivity contribution in [2.24, 2.45) is 0 Å². The number of halogens is 3. The third-order valence-electron chi connectivity index (χ3n) is 2.53. The van der Waals surface area contributed by atoms with Gasteiger partial charge in [-0.15, -0.1) is 0 Å². The molecule has 1 rings (SSSR count). The van der Waals surface area contributed by atoms with E-state index < -0.39 is 41.7 Å². The highest BCUT2D eigenvalue weighted by molar-refractivity contribution is 6.34. The monoisotopic (exact) mass is 324 g/mol. The number of nitrogens with zero attached hydrogens (tertiary/aromatic N) is 2. The van der Waals surface area contributed by atoms with Gasteiger partial charge in [0.15, 0.2) is 0 Å². The van der Waals surface area contributed by atoms with E-state index >= 15 is 0 Å². The Labute approximate surface area is 122 Å². The van der Waals surface area contributed by atoms with Crippen LogP contribution in [-0.2, 0) is 0 Å². The van der Waals surface area contributed by atoms with Gasteiger partial charge in [-0.05, 0) is 0 Å². The summed E-state index contributed by atoms with van der Waals surface area (Å²) in [4.78, 5) is 21.9. The Morgan fingerprint density at radius 2 is 2.10 bits per heavy atom. The number of hydrogen-bond acceptors (Lipinski definition) is 5. The summed E-state index contributed by atoms with van der Waals surface area (Å²) in [5.74, 6) is -1.55. The Hall–Kier alpha value is -2.00. The Balaban J connectivity index is 3.43. The fraction of sp³-hybridized carbons (Fsp3) is 0.364. The predicted octanol–water partition coefficient (Wildman–Crippen LogP) is 2.01. The van der Waals surface area contributed by atoms with E-state index in [0.717, 1.165) is 17.0 Å². The van der Waals surface area contributed by atoms with E-state index in [1.165, 1.54) is 0 Å². The number of nitro benzene ring substituents is 1. The van der Waals surface area contributed by atoms with E-state index in [1.807, 2.05) is 0 Å². The number of aromatic carboxylic acids is 1. The molecule has 0 aliphatic carbocycles. The van der Waals surface area contributed by atoms with Crippen LogP contribution in [0.3, 0.4) is 0 Å². The van der Waals surface area contributed by atoms with Crippen LogP contribution < -0.4 is 4.90 Å². The van der Waals surface area contributed by atoms with Crippen LogP contribution in [-0.4, -0.2) is 47.2 Å². The summed E-state index contributed by atoms with van der Waals surface area (Å²) in [6.07, 6.45) is -2.80. The minimum atomic E-state index is -2.80. The second-order valence-corrected chi connectivity index (χ2v) is 4.35. The first-order valence-electron chi connectivity index (χ1n) is 5.63. The van der Waals surface area contributed by atoms with E-state index in [2.05, 4.69) is 0 Å². The third kappa shape index (κ3) is 4.23. The molecule has 0 atom stereocenters. The Kier molecular flexibility index (Phi) is 5.79. The zero-order valence-electron chi connectivity index (χ0n) is 10.5. The van der Waals surface area contributed by atoms with Gasteiger partial charge in [-0.25, -0.2) is 13.6 Å². The Morgan fingerprint density at radius 3 is 2.52 bits per heavy atom. The third-order valence-corrected chi connectivity index (χ3v) is 2.82. The number of rotatable bonds is 7. The lowest BCUT2D eigenvalue weighted by atomic mass is 10.1. The van der Waals surface area contributed by atoms with Gasteiger partial charge < -0.3 is 15.1 Å². The molecule has 0 spiro atoms. The highest BCUT2D eigenvalue weighted by atomic mass is 35.5. The minimum Gasteiger partial charge on any atom is -0.478 e. The lowest BCUT2D eigenvalue weighted by Gasteiger charge is -2.26. The van der Waals surface area contributed by atoms with Gasteiger partial charge in [0.1, 0.15) is 0 Å². The number of carboxylic acid groups (broad SMARTS) is 1. The molecule has 1 aromatic carbocycles. The quantitative estimate of drug-likeness (QED) is 0.587. The number of carbonyl (C=O) groups is 1. The highest BCUT2D eigenvalue weighted by Crippen LogP contribution is 2.34. The van der Waals surface area contributed by atoms with E-state index in [-0.39, 0.29) is 17.3 Å². The summed E-state index contributed by atoms with van der Waals surface area (Å²) in [5, 5.41) is 28.3. The van der Waals surface area contributed by atoms with E-state index in [0.29, 0.717) is 0 Å². The number of nitro groups is 1. The van der Waals surface area contributed by atoms with Crippen LogP contribution in [0.1, 0.15) is 10.4 Å². The number of aliphatic hydroxyl groups excluding tert-OH is 1. The largest absolute Gasteiger partial charge is 0.478 e. The van der Waals surface area contributed by atoms with Crippen molar-refractivity contribution < 1.29 is 28.7 Å². The Morgan fingerprint density at radius 1 is 1.48 bits per heavy atom.